The molecule has 65 heavy (non-hydrogen) atoms. The zero-order valence-electron chi connectivity index (χ0n) is 38.8. The van der Waals surface area contributed by atoms with Crippen LogP contribution in [-0.2, 0) is 35.6 Å². The van der Waals surface area contributed by atoms with Crippen LogP contribution < -0.4 is 19.7 Å². The second-order valence-corrected chi connectivity index (χ2v) is 19.3. The van der Waals surface area contributed by atoms with Crippen LogP contribution in [0.3, 0.4) is 0 Å². The van der Waals surface area contributed by atoms with Gasteiger partial charge < -0.3 is 29.3 Å². The van der Waals surface area contributed by atoms with Crippen molar-refractivity contribution < 1.29 is 29.3 Å². The monoisotopic (exact) mass is 890 g/mol. The molecule has 0 aromatic heterocycles. The van der Waals surface area contributed by atoms with E-state index in [1.54, 1.807) is 0 Å². The molecule has 2 fully saturated rings. The number of fused-ring (bicyclic) bond motifs is 2. The Morgan fingerprint density at radius 1 is 0.523 bits per heavy atom. The number of hydrogen-bond acceptors (Lipinski definition) is 6. The molecule has 6 aromatic rings. The number of carbonyl (C=O) groups excluding carboxylic acids is 2. The number of carboxylic acid groups (broad SMARTS) is 2. The maximum absolute atomic E-state index is 11.3. The predicted molar refractivity (Wildman–Crippen MR) is 255 cm³/mol. The Balaban J connectivity index is 0.000000175. The molecule has 10 rings (SSSR count). The van der Waals surface area contributed by atoms with Crippen LogP contribution in [0.1, 0.15) is 117 Å². The van der Waals surface area contributed by atoms with Crippen molar-refractivity contribution in [2.24, 2.45) is 10.8 Å². The molecule has 2 atom stereocenters. The molecular formula is C58H58CaO6. The molecule has 0 N–H and O–H groups in total. The van der Waals surface area contributed by atoms with Gasteiger partial charge in [-0.05, 0) is 229 Å². The molecule has 0 radical (unpaired) electrons. The van der Waals surface area contributed by atoms with Crippen molar-refractivity contribution in [1.82, 2.24) is 0 Å². The first kappa shape index (κ1) is 46.6. The summed E-state index contributed by atoms with van der Waals surface area (Å²) in [7, 11) is 0. The van der Waals surface area contributed by atoms with E-state index >= 15 is 0 Å². The van der Waals surface area contributed by atoms with Crippen molar-refractivity contribution in [3.63, 3.8) is 0 Å². The summed E-state index contributed by atoms with van der Waals surface area (Å²) in [6.45, 7) is 14.0. The fourth-order valence-electron chi connectivity index (χ4n) is 11.4. The van der Waals surface area contributed by atoms with E-state index < -0.39 is 11.9 Å². The summed E-state index contributed by atoms with van der Waals surface area (Å²) in [6.07, 6.45) is 6.60. The van der Waals surface area contributed by atoms with Gasteiger partial charge in [-0.2, -0.15) is 0 Å². The number of rotatable bonds is 12. The van der Waals surface area contributed by atoms with Crippen molar-refractivity contribution in [1.29, 1.82) is 0 Å². The van der Waals surface area contributed by atoms with Crippen LogP contribution >= 0.6 is 0 Å². The van der Waals surface area contributed by atoms with E-state index in [1.165, 1.54) is 89.0 Å². The molecule has 0 aliphatic heterocycles. The third-order valence-electron chi connectivity index (χ3n) is 15.3. The van der Waals surface area contributed by atoms with Gasteiger partial charge in [-0.1, -0.05) is 84.9 Å². The normalized spacial score (nSPS) is 17.6. The van der Waals surface area contributed by atoms with E-state index in [0.717, 1.165) is 50.0 Å². The molecule has 7 heteroatoms. The van der Waals surface area contributed by atoms with Crippen molar-refractivity contribution in [3.05, 3.63) is 176 Å². The predicted octanol–water partition coefficient (Wildman–Crippen LogP) is 10.5. The summed E-state index contributed by atoms with van der Waals surface area (Å²) < 4.78 is 12.5. The van der Waals surface area contributed by atoms with E-state index in [2.05, 4.69) is 139 Å². The largest absolute Gasteiger partial charge is 2.00 e. The van der Waals surface area contributed by atoms with E-state index in [0.29, 0.717) is 13.2 Å². The molecule has 4 aliphatic carbocycles. The van der Waals surface area contributed by atoms with Crippen LogP contribution in [0.4, 0.5) is 0 Å². The average molecular weight is 891 g/mol. The molecule has 328 valence electrons. The minimum atomic E-state index is -0.950. The van der Waals surface area contributed by atoms with Gasteiger partial charge in [-0.3, -0.25) is 0 Å². The van der Waals surface area contributed by atoms with Crippen LogP contribution in [0.5, 0.6) is 11.5 Å². The standard InChI is InChI=1S/2C29H30O3.Ca/c2*1-18-6-4-7-19(2)28(18)24-9-5-8-21(20(24)3)17-32-23-10-11-25-22(14-23)16-29(12-13-29)26(25)15-27(30)31;/h2*4-11,14,26H,12-13,15-17H2,1-3H3,(H,30,31);/q;;+2/p-2. The first-order valence-corrected chi connectivity index (χ1v) is 23.0. The minimum absolute atomic E-state index is 0. The number of aryl methyl sites for hydroxylation is 4. The summed E-state index contributed by atoms with van der Waals surface area (Å²) in [6, 6.07) is 38.1. The molecule has 0 amide bonds. The van der Waals surface area contributed by atoms with E-state index in [-0.39, 0.29) is 73.2 Å². The Labute approximate surface area is 414 Å². The molecular weight excluding hydrogens is 833 g/mol. The molecule has 0 saturated heterocycles. The number of carboxylic acids is 2. The fraction of sp³-hybridized carbons (Fsp3) is 0.345. The fourth-order valence-corrected chi connectivity index (χ4v) is 11.4. The van der Waals surface area contributed by atoms with Crippen molar-refractivity contribution in [3.8, 4) is 33.8 Å². The van der Waals surface area contributed by atoms with Crippen molar-refractivity contribution in [2.75, 3.05) is 0 Å². The molecule has 0 heterocycles. The Bertz CT molecular complexity index is 2560. The van der Waals surface area contributed by atoms with Crippen LogP contribution in [0.2, 0.25) is 0 Å². The zero-order chi connectivity index (χ0) is 44.9. The van der Waals surface area contributed by atoms with Gasteiger partial charge in [0.1, 0.15) is 24.7 Å². The number of hydrogen-bond donors (Lipinski definition) is 0. The Hall–Kier alpha value is -4.88. The van der Waals surface area contributed by atoms with Crippen molar-refractivity contribution in [2.45, 2.75) is 118 Å². The topological polar surface area (TPSA) is 98.7 Å². The zero-order valence-corrected chi connectivity index (χ0v) is 41.0. The molecule has 2 unspecified atom stereocenters. The van der Waals surface area contributed by atoms with E-state index in [1.807, 2.05) is 12.1 Å². The van der Waals surface area contributed by atoms with Gasteiger partial charge in [0.2, 0.25) is 0 Å². The number of carbonyl (C=O) groups is 2. The number of benzene rings is 6. The van der Waals surface area contributed by atoms with Crippen LogP contribution in [-0.4, -0.2) is 49.7 Å². The molecule has 0 bridgehead atoms. The Morgan fingerprint density at radius 3 is 1.22 bits per heavy atom. The molecule has 6 nitrogen and oxygen atoms in total. The van der Waals surface area contributed by atoms with Gasteiger partial charge in [0.25, 0.3) is 0 Å². The Morgan fingerprint density at radius 2 is 0.877 bits per heavy atom. The van der Waals surface area contributed by atoms with E-state index in [9.17, 15) is 19.8 Å². The third-order valence-corrected chi connectivity index (χ3v) is 15.3. The summed E-state index contributed by atoms with van der Waals surface area (Å²) in [4.78, 5) is 22.6. The first-order chi connectivity index (χ1) is 30.8. The summed E-state index contributed by atoms with van der Waals surface area (Å²) in [5.74, 6) is -0.0147. The molecule has 6 aromatic carbocycles. The molecule has 2 spiro atoms. The number of ether oxygens (including phenoxy) is 2. The van der Waals surface area contributed by atoms with Gasteiger partial charge in [-0.25, -0.2) is 0 Å². The smallest absolute Gasteiger partial charge is 0.550 e. The maximum atomic E-state index is 11.3. The second kappa shape index (κ2) is 18.8. The Kier molecular flexibility index (Phi) is 13.5. The van der Waals surface area contributed by atoms with Gasteiger partial charge >= 0.3 is 37.7 Å². The minimum Gasteiger partial charge on any atom is -0.550 e. The van der Waals surface area contributed by atoms with Gasteiger partial charge in [0, 0.05) is 11.9 Å². The van der Waals surface area contributed by atoms with E-state index in [4.69, 9.17) is 9.47 Å². The van der Waals surface area contributed by atoms with Crippen LogP contribution in [0.25, 0.3) is 22.3 Å². The maximum Gasteiger partial charge on any atom is 2.00 e. The average Bonchev–Trinajstić information content (AvgIpc) is 4.17. The van der Waals surface area contributed by atoms with Gasteiger partial charge in [0.15, 0.2) is 0 Å². The summed E-state index contributed by atoms with van der Waals surface area (Å²) >= 11 is 0. The first-order valence-electron chi connectivity index (χ1n) is 23.0. The quantitative estimate of drug-likeness (QED) is 0.114. The van der Waals surface area contributed by atoms with Gasteiger partial charge in [-0.15, -0.1) is 0 Å². The number of aliphatic carboxylic acids is 2. The van der Waals surface area contributed by atoms with Crippen LogP contribution in [0, 0.1) is 52.4 Å². The molecule has 4 aliphatic rings. The SMILES string of the molecule is Cc1cccc(C)c1-c1cccc(COc2ccc3c(c2)CC2(CC2)C3CC(=O)[O-])c1C.Cc1cccc(C)c1-c1cccc(COc2ccc3c(c2)CC2(CC2)C3CC(=O)[O-])c1C.[Ca+2]. The van der Waals surface area contributed by atoms with Crippen molar-refractivity contribution >= 4 is 49.7 Å². The van der Waals surface area contributed by atoms with Crippen LogP contribution in [0.15, 0.2) is 109 Å². The third kappa shape index (κ3) is 9.42. The summed E-state index contributed by atoms with van der Waals surface area (Å²) in [5.41, 5.74) is 20.2. The molecule has 2 saturated carbocycles. The van der Waals surface area contributed by atoms with Gasteiger partial charge in [0.05, 0.1) is 0 Å². The summed E-state index contributed by atoms with van der Waals surface area (Å²) in [5, 5.41) is 22.6. The second-order valence-electron chi connectivity index (χ2n) is 19.3.